The largest absolute Gasteiger partial charge is 0.388 e. The van der Waals surface area contributed by atoms with Gasteiger partial charge in [-0.05, 0) is 31.5 Å². The second kappa shape index (κ2) is 7.67. The van der Waals surface area contributed by atoms with Crippen LogP contribution in [-0.4, -0.2) is 65.9 Å². The molecule has 1 aliphatic heterocycles. The van der Waals surface area contributed by atoms with Crippen LogP contribution < -0.4 is 16.0 Å². The number of carbonyl (C=O) groups is 1. The zero-order valence-electron chi connectivity index (χ0n) is 18.7. The molecule has 3 aromatic heterocycles. The molecule has 4 heterocycles. The number of nitrogens with one attached hydrogen (secondary N) is 3. The van der Waals surface area contributed by atoms with E-state index in [-0.39, 0.29) is 18.8 Å². The normalized spacial score (nSPS) is 17.1. The van der Waals surface area contributed by atoms with Gasteiger partial charge in [-0.3, -0.25) is 4.79 Å². The molecule has 0 aliphatic carbocycles. The number of ether oxygens (including phenoxy) is 1. The lowest BCUT2D eigenvalue weighted by molar-refractivity contribution is -0.00904. The monoisotopic (exact) mass is 451 g/mol. The third kappa shape index (κ3) is 3.72. The van der Waals surface area contributed by atoms with Gasteiger partial charge in [0.15, 0.2) is 5.65 Å². The summed E-state index contributed by atoms with van der Waals surface area (Å²) in [6, 6.07) is 5.02. The molecule has 1 aliphatic rings. The second-order valence-corrected chi connectivity index (χ2v) is 8.61. The summed E-state index contributed by atoms with van der Waals surface area (Å²) in [5.74, 6) is 0.740. The van der Waals surface area contributed by atoms with E-state index in [9.17, 15) is 9.90 Å². The minimum atomic E-state index is -1.22. The smallest absolute Gasteiger partial charge is 0.257 e. The fraction of sp³-hybridized carbons (Fsp3) is 0.381. The topological polar surface area (TPSA) is 144 Å². The third-order valence-corrected chi connectivity index (χ3v) is 5.72. The van der Waals surface area contributed by atoms with E-state index >= 15 is 0 Å². The number of nitrogens with zero attached hydrogens (tertiary/aromatic N) is 6. The van der Waals surface area contributed by atoms with Crippen molar-refractivity contribution in [1.82, 2.24) is 34.9 Å². The van der Waals surface area contributed by atoms with Gasteiger partial charge in [-0.25, -0.2) is 9.67 Å². The summed E-state index contributed by atoms with van der Waals surface area (Å²) in [6.07, 6.45) is 1.46. The third-order valence-electron chi connectivity index (χ3n) is 5.72. The number of aliphatic hydroxyl groups is 1. The maximum Gasteiger partial charge on any atom is 0.257 e. The molecular formula is C21H25N9O3. The Balaban J connectivity index is 1.71. The molecule has 4 bridgehead atoms. The van der Waals surface area contributed by atoms with Crippen LogP contribution in [0.15, 0.2) is 24.4 Å². The summed E-state index contributed by atoms with van der Waals surface area (Å²) in [4.78, 5) is 17.8. The van der Waals surface area contributed by atoms with Crippen molar-refractivity contribution in [1.29, 1.82) is 0 Å². The van der Waals surface area contributed by atoms with E-state index < -0.39 is 17.6 Å². The maximum absolute atomic E-state index is 13.1. The molecular weight excluding hydrogens is 426 g/mol. The summed E-state index contributed by atoms with van der Waals surface area (Å²) in [7, 11) is 3.59. The highest BCUT2D eigenvalue weighted by atomic mass is 16.5. The van der Waals surface area contributed by atoms with E-state index in [4.69, 9.17) is 4.74 Å². The van der Waals surface area contributed by atoms with Crippen molar-refractivity contribution in [3.63, 3.8) is 0 Å². The predicted octanol–water partition coefficient (Wildman–Crippen LogP) is 1.20. The summed E-state index contributed by atoms with van der Waals surface area (Å²) >= 11 is 0. The van der Waals surface area contributed by atoms with Crippen molar-refractivity contribution >= 4 is 39.9 Å². The van der Waals surface area contributed by atoms with Gasteiger partial charge in [0.05, 0.1) is 42.3 Å². The van der Waals surface area contributed by atoms with Crippen molar-refractivity contribution in [3.8, 4) is 0 Å². The van der Waals surface area contributed by atoms with E-state index in [0.717, 1.165) is 11.1 Å². The average Bonchev–Trinajstić information content (AvgIpc) is 3.35. The fourth-order valence-corrected chi connectivity index (χ4v) is 3.82. The zero-order chi connectivity index (χ0) is 23.3. The number of fused-ring (bicyclic) bond motifs is 5. The predicted molar refractivity (Wildman–Crippen MR) is 122 cm³/mol. The molecule has 12 nitrogen and oxygen atoms in total. The van der Waals surface area contributed by atoms with Gasteiger partial charge >= 0.3 is 0 Å². The first-order valence-corrected chi connectivity index (χ1v) is 10.5. The number of aryl methyl sites for hydroxylation is 1. The molecule has 12 heteroatoms. The van der Waals surface area contributed by atoms with Gasteiger partial charge < -0.3 is 25.8 Å². The van der Waals surface area contributed by atoms with Gasteiger partial charge in [0, 0.05) is 20.2 Å². The number of anilines is 3. The average molecular weight is 451 g/mol. The van der Waals surface area contributed by atoms with E-state index in [1.807, 2.05) is 19.2 Å². The standard InChI is InChI=1S/C21H25N9O3/c1-21(2,32)15-10-33-9-11-5-13(18-14(6-11)29(4)28-27-18)24-16-7-17(22-3)30-19(26-16)12(8-23-30)20(31)25-15/h5-8,15,22,32H,9-10H2,1-4H3,(H,24,26)(H,25,31)/t15-/m0/s1. The highest BCUT2D eigenvalue weighted by Crippen LogP contribution is 2.28. The van der Waals surface area contributed by atoms with Crippen LogP contribution >= 0.6 is 0 Å². The molecule has 33 heavy (non-hydrogen) atoms. The Morgan fingerprint density at radius 2 is 2.12 bits per heavy atom. The lowest BCUT2D eigenvalue weighted by Gasteiger charge is -2.30. The van der Waals surface area contributed by atoms with Crippen molar-refractivity contribution < 1.29 is 14.6 Å². The number of rotatable bonds is 2. The highest BCUT2D eigenvalue weighted by Gasteiger charge is 2.30. The molecule has 5 rings (SSSR count). The van der Waals surface area contributed by atoms with Crippen molar-refractivity contribution in [2.75, 3.05) is 24.3 Å². The summed E-state index contributed by atoms with van der Waals surface area (Å²) < 4.78 is 9.16. The van der Waals surface area contributed by atoms with Gasteiger partial charge in [0.1, 0.15) is 22.7 Å². The van der Waals surface area contributed by atoms with Crippen LogP contribution in [0.2, 0.25) is 0 Å². The highest BCUT2D eigenvalue weighted by molar-refractivity contribution is 6.00. The molecule has 0 spiro atoms. The second-order valence-electron chi connectivity index (χ2n) is 8.61. The Morgan fingerprint density at radius 1 is 1.30 bits per heavy atom. The van der Waals surface area contributed by atoms with E-state index in [2.05, 4.69) is 36.3 Å². The number of amides is 1. The first kappa shape index (κ1) is 21.1. The van der Waals surface area contributed by atoms with Crippen LogP contribution in [0, 0.1) is 0 Å². The molecule has 4 N–H and O–H groups in total. The number of hydrogen-bond donors (Lipinski definition) is 4. The molecule has 172 valence electrons. The molecule has 0 fully saturated rings. The van der Waals surface area contributed by atoms with E-state index in [0.29, 0.717) is 28.5 Å². The lowest BCUT2D eigenvalue weighted by atomic mass is 9.99. The molecule has 0 unspecified atom stereocenters. The van der Waals surface area contributed by atoms with Gasteiger partial charge in [-0.2, -0.15) is 9.61 Å². The van der Waals surface area contributed by atoms with Crippen LogP contribution in [-0.2, 0) is 18.4 Å². The first-order chi connectivity index (χ1) is 15.7. The Hall–Kier alpha value is -3.77. The van der Waals surface area contributed by atoms with Gasteiger partial charge in [-0.15, -0.1) is 5.10 Å². The van der Waals surface area contributed by atoms with Crippen molar-refractivity contribution in [2.24, 2.45) is 7.05 Å². The maximum atomic E-state index is 13.1. The summed E-state index contributed by atoms with van der Waals surface area (Å²) in [5, 5.41) is 32.7. The van der Waals surface area contributed by atoms with Gasteiger partial charge in [0.2, 0.25) is 0 Å². The number of benzene rings is 1. The Kier molecular flexibility index (Phi) is 4.91. The Bertz CT molecular complexity index is 1370. The Morgan fingerprint density at radius 3 is 2.88 bits per heavy atom. The quantitative estimate of drug-likeness (QED) is 0.353. The van der Waals surface area contributed by atoms with Crippen molar-refractivity contribution in [3.05, 3.63) is 35.5 Å². The number of hydrogen-bond acceptors (Lipinski definition) is 9. The van der Waals surface area contributed by atoms with Crippen LogP contribution in [0.4, 0.5) is 17.3 Å². The minimum Gasteiger partial charge on any atom is -0.388 e. The SMILES string of the molecule is CNc1cc2nc3c(cnn13)C(=O)N[C@H](C(C)(C)O)COCc1cc(c3nnn(C)c3c1)N2. The minimum absolute atomic E-state index is 0.110. The molecule has 0 radical (unpaired) electrons. The van der Waals surface area contributed by atoms with Gasteiger partial charge in [-0.1, -0.05) is 5.21 Å². The molecule has 0 saturated heterocycles. The molecule has 1 atom stereocenters. The Labute approximate surface area is 188 Å². The first-order valence-electron chi connectivity index (χ1n) is 10.5. The molecule has 1 amide bonds. The van der Waals surface area contributed by atoms with Crippen LogP contribution in [0.3, 0.4) is 0 Å². The van der Waals surface area contributed by atoms with E-state index in [1.165, 1.54) is 6.20 Å². The van der Waals surface area contributed by atoms with Gasteiger partial charge in [0.25, 0.3) is 5.91 Å². The summed E-state index contributed by atoms with van der Waals surface area (Å²) in [6.45, 7) is 3.64. The van der Waals surface area contributed by atoms with Crippen LogP contribution in [0.25, 0.3) is 16.7 Å². The summed E-state index contributed by atoms with van der Waals surface area (Å²) in [5.41, 5.74) is 2.53. The molecule has 0 saturated carbocycles. The number of carbonyl (C=O) groups excluding carboxylic acids is 1. The molecule has 1 aromatic carbocycles. The fourth-order valence-electron chi connectivity index (χ4n) is 3.82. The number of aromatic nitrogens is 6. The van der Waals surface area contributed by atoms with Crippen LogP contribution in [0.5, 0.6) is 0 Å². The zero-order valence-corrected chi connectivity index (χ0v) is 18.7. The molecule has 4 aromatic rings. The van der Waals surface area contributed by atoms with E-state index in [1.54, 1.807) is 36.2 Å². The lowest BCUT2D eigenvalue weighted by Crippen LogP contribution is -2.52. The van der Waals surface area contributed by atoms with Crippen molar-refractivity contribution in [2.45, 2.75) is 32.1 Å². The van der Waals surface area contributed by atoms with Crippen LogP contribution in [0.1, 0.15) is 29.8 Å².